The molecule has 0 aliphatic carbocycles. The maximum atomic E-state index is 5.25. The molecule has 0 saturated heterocycles. The summed E-state index contributed by atoms with van der Waals surface area (Å²) in [5, 5.41) is 9.73. The standard InChI is InChI=1S/C18H19N3OS/c1-3-13-23-18-20-19-17(14-7-5-4-6-8-14)21(18)15-9-11-16(22-2)12-10-15/h4-12H,3,13H2,1-2H3. The first kappa shape index (κ1) is 15.6. The fraction of sp³-hybridized carbons (Fsp3) is 0.222. The molecule has 0 spiro atoms. The van der Waals surface area contributed by atoms with E-state index in [1.807, 2.05) is 42.5 Å². The number of rotatable bonds is 6. The van der Waals surface area contributed by atoms with Crippen molar-refractivity contribution in [2.45, 2.75) is 18.5 Å². The highest BCUT2D eigenvalue weighted by Gasteiger charge is 2.15. The molecule has 2 aromatic carbocycles. The highest BCUT2D eigenvalue weighted by Crippen LogP contribution is 2.28. The molecule has 5 heteroatoms. The number of aromatic nitrogens is 3. The van der Waals surface area contributed by atoms with Crippen LogP contribution in [0.1, 0.15) is 13.3 Å². The Morgan fingerprint density at radius 3 is 2.39 bits per heavy atom. The van der Waals surface area contributed by atoms with Crippen LogP contribution in [0.15, 0.2) is 59.8 Å². The first-order valence-electron chi connectivity index (χ1n) is 7.61. The van der Waals surface area contributed by atoms with Gasteiger partial charge in [-0.2, -0.15) is 0 Å². The number of hydrogen-bond donors (Lipinski definition) is 0. The lowest BCUT2D eigenvalue weighted by Gasteiger charge is -2.11. The molecule has 0 unspecified atom stereocenters. The molecular weight excluding hydrogens is 306 g/mol. The van der Waals surface area contributed by atoms with Crippen molar-refractivity contribution in [1.29, 1.82) is 0 Å². The molecule has 0 aliphatic heterocycles. The first-order chi connectivity index (χ1) is 11.3. The van der Waals surface area contributed by atoms with E-state index in [0.29, 0.717) is 0 Å². The molecule has 3 aromatic rings. The van der Waals surface area contributed by atoms with Gasteiger partial charge in [0, 0.05) is 17.0 Å². The molecule has 0 fully saturated rings. The van der Waals surface area contributed by atoms with E-state index in [4.69, 9.17) is 4.74 Å². The maximum Gasteiger partial charge on any atom is 0.196 e. The van der Waals surface area contributed by atoms with Crippen molar-refractivity contribution in [3.63, 3.8) is 0 Å². The van der Waals surface area contributed by atoms with Crippen molar-refractivity contribution in [3.05, 3.63) is 54.6 Å². The van der Waals surface area contributed by atoms with Crippen LogP contribution in [0.5, 0.6) is 5.75 Å². The number of nitrogens with zero attached hydrogens (tertiary/aromatic N) is 3. The second-order valence-corrected chi connectivity index (χ2v) is 6.12. The SMILES string of the molecule is CCCSc1nnc(-c2ccccc2)n1-c1ccc(OC)cc1. The second-order valence-electron chi connectivity index (χ2n) is 5.05. The van der Waals surface area contributed by atoms with Crippen LogP contribution in [0, 0.1) is 0 Å². The minimum Gasteiger partial charge on any atom is -0.497 e. The maximum absolute atomic E-state index is 5.25. The van der Waals surface area contributed by atoms with Crippen molar-refractivity contribution in [1.82, 2.24) is 14.8 Å². The Labute approximate surface area is 140 Å². The summed E-state index contributed by atoms with van der Waals surface area (Å²) in [6.07, 6.45) is 1.10. The van der Waals surface area contributed by atoms with Gasteiger partial charge in [-0.05, 0) is 30.7 Å². The predicted molar refractivity (Wildman–Crippen MR) is 94.4 cm³/mol. The first-order valence-corrected chi connectivity index (χ1v) is 8.60. The average molecular weight is 325 g/mol. The highest BCUT2D eigenvalue weighted by molar-refractivity contribution is 7.99. The van der Waals surface area contributed by atoms with Crippen LogP contribution in [0.25, 0.3) is 17.1 Å². The molecule has 0 atom stereocenters. The third-order valence-corrected chi connectivity index (χ3v) is 4.57. The predicted octanol–water partition coefficient (Wildman–Crippen LogP) is 4.45. The Hall–Kier alpha value is -2.27. The van der Waals surface area contributed by atoms with Gasteiger partial charge >= 0.3 is 0 Å². The summed E-state index contributed by atoms with van der Waals surface area (Å²) in [6, 6.07) is 18.1. The normalized spacial score (nSPS) is 10.7. The summed E-state index contributed by atoms with van der Waals surface area (Å²) < 4.78 is 7.36. The number of thioether (sulfide) groups is 1. The van der Waals surface area contributed by atoms with Gasteiger partial charge in [0.1, 0.15) is 5.75 Å². The molecule has 23 heavy (non-hydrogen) atoms. The van der Waals surface area contributed by atoms with Crippen LogP contribution in [0.4, 0.5) is 0 Å². The zero-order valence-electron chi connectivity index (χ0n) is 13.3. The topological polar surface area (TPSA) is 39.9 Å². The lowest BCUT2D eigenvalue weighted by atomic mass is 10.2. The number of hydrogen-bond acceptors (Lipinski definition) is 4. The van der Waals surface area contributed by atoms with Crippen LogP contribution < -0.4 is 4.74 Å². The van der Waals surface area contributed by atoms with Crippen LogP contribution in [0.2, 0.25) is 0 Å². The van der Waals surface area contributed by atoms with E-state index in [0.717, 1.165) is 40.2 Å². The van der Waals surface area contributed by atoms with Crippen molar-refractivity contribution in [3.8, 4) is 22.8 Å². The van der Waals surface area contributed by atoms with Gasteiger partial charge in [0.25, 0.3) is 0 Å². The molecule has 0 aliphatic rings. The zero-order chi connectivity index (χ0) is 16.1. The molecule has 0 bridgehead atoms. The van der Waals surface area contributed by atoms with Crippen molar-refractivity contribution >= 4 is 11.8 Å². The minimum atomic E-state index is 0.839. The smallest absolute Gasteiger partial charge is 0.196 e. The largest absolute Gasteiger partial charge is 0.497 e. The molecule has 0 amide bonds. The lowest BCUT2D eigenvalue weighted by molar-refractivity contribution is 0.414. The summed E-state index contributed by atoms with van der Waals surface area (Å²) in [5.74, 6) is 2.71. The van der Waals surface area contributed by atoms with Crippen molar-refractivity contribution < 1.29 is 4.74 Å². The molecule has 118 valence electrons. The van der Waals surface area contributed by atoms with E-state index in [2.05, 4.69) is 33.8 Å². The van der Waals surface area contributed by atoms with Gasteiger partial charge in [-0.1, -0.05) is 49.0 Å². The van der Waals surface area contributed by atoms with Crippen LogP contribution >= 0.6 is 11.8 Å². The second kappa shape index (κ2) is 7.33. The molecule has 3 rings (SSSR count). The Kier molecular flexibility index (Phi) is 4.98. The third-order valence-electron chi connectivity index (χ3n) is 3.43. The number of benzene rings is 2. The Morgan fingerprint density at radius 2 is 1.74 bits per heavy atom. The third kappa shape index (κ3) is 3.40. The molecule has 0 N–H and O–H groups in total. The van der Waals surface area contributed by atoms with Gasteiger partial charge in [0.05, 0.1) is 7.11 Å². The fourth-order valence-corrected chi connectivity index (χ4v) is 3.10. The van der Waals surface area contributed by atoms with Gasteiger partial charge in [-0.15, -0.1) is 10.2 Å². The summed E-state index contributed by atoms with van der Waals surface area (Å²) in [6.45, 7) is 2.17. The van der Waals surface area contributed by atoms with E-state index in [1.165, 1.54) is 0 Å². The van der Waals surface area contributed by atoms with E-state index in [9.17, 15) is 0 Å². The summed E-state index contributed by atoms with van der Waals surface area (Å²) in [4.78, 5) is 0. The van der Waals surface area contributed by atoms with Crippen LogP contribution in [-0.4, -0.2) is 27.6 Å². The molecular formula is C18H19N3OS. The zero-order valence-corrected chi connectivity index (χ0v) is 14.1. The van der Waals surface area contributed by atoms with Gasteiger partial charge in [0.15, 0.2) is 11.0 Å². The van der Waals surface area contributed by atoms with Gasteiger partial charge in [-0.25, -0.2) is 0 Å². The van der Waals surface area contributed by atoms with Gasteiger partial charge in [-0.3, -0.25) is 4.57 Å². The lowest BCUT2D eigenvalue weighted by Crippen LogP contribution is -2.00. The van der Waals surface area contributed by atoms with Crippen LogP contribution in [-0.2, 0) is 0 Å². The molecule has 4 nitrogen and oxygen atoms in total. The number of ether oxygens (including phenoxy) is 1. The Bertz CT molecular complexity index is 754. The van der Waals surface area contributed by atoms with E-state index in [-0.39, 0.29) is 0 Å². The van der Waals surface area contributed by atoms with Crippen LogP contribution in [0.3, 0.4) is 0 Å². The molecule has 0 radical (unpaired) electrons. The van der Waals surface area contributed by atoms with Crippen molar-refractivity contribution in [2.24, 2.45) is 0 Å². The minimum absolute atomic E-state index is 0.839. The Morgan fingerprint density at radius 1 is 1.00 bits per heavy atom. The summed E-state index contributed by atoms with van der Waals surface area (Å²) in [7, 11) is 1.67. The highest BCUT2D eigenvalue weighted by atomic mass is 32.2. The summed E-state index contributed by atoms with van der Waals surface area (Å²) in [5.41, 5.74) is 2.09. The van der Waals surface area contributed by atoms with Gasteiger partial charge < -0.3 is 4.74 Å². The number of methoxy groups -OCH3 is 1. The fourth-order valence-electron chi connectivity index (χ4n) is 2.30. The summed E-state index contributed by atoms with van der Waals surface area (Å²) >= 11 is 1.73. The van der Waals surface area contributed by atoms with E-state index in [1.54, 1.807) is 18.9 Å². The van der Waals surface area contributed by atoms with Gasteiger partial charge in [0.2, 0.25) is 0 Å². The average Bonchev–Trinajstić information content (AvgIpc) is 3.04. The molecule has 0 saturated carbocycles. The van der Waals surface area contributed by atoms with Crippen molar-refractivity contribution in [2.75, 3.05) is 12.9 Å². The van der Waals surface area contributed by atoms with E-state index < -0.39 is 0 Å². The quantitative estimate of drug-likeness (QED) is 0.628. The monoisotopic (exact) mass is 325 g/mol. The molecule has 1 heterocycles. The molecule has 1 aromatic heterocycles. The Balaban J connectivity index is 2.08. The van der Waals surface area contributed by atoms with E-state index >= 15 is 0 Å².